The van der Waals surface area contributed by atoms with Crippen LogP contribution in [0.15, 0.2) is 83.9 Å². The number of rotatable bonds is 5. The molecule has 5 aromatic rings. The molecule has 2 aromatic heterocycles. The summed E-state index contributed by atoms with van der Waals surface area (Å²) in [6, 6.07) is 22.8. The number of nitrogens with zero attached hydrogens (tertiary/aromatic N) is 4. The number of anilines is 2. The summed E-state index contributed by atoms with van der Waals surface area (Å²) in [6.45, 7) is 2.21. The summed E-state index contributed by atoms with van der Waals surface area (Å²) in [5.74, 6) is -0.126. The van der Waals surface area contributed by atoms with Crippen molar-refractivity contribution in [3.05, 3.63) is 95.0 Å². The maximum absolute atomic E-state index is 13.5. The first-order valence-corrected chi connectivity index (χ1v) is 11.1. The van der Waals surface area contributed by atoms with Crippen molar-refractivity contribution < 1.29 is 4.79 Å². The molecule has 0 saturated heterocycles. The van der Waals surface area contributed by atoms with E-state index in [2.05, 4.69) is 4.98 Å². The standard InChI is InChI=1S/C25H20N4O2S/c1-17-8-2-6-12-21(17)29(25-27-20-11-5-7-13-22(20)32-25)23(30)14-15-28-16-26-19-10-4-3-9-18(19)24(28)31/h2-13,16H,14-15H2,1H3. The summed E-state index contributed by atoms with van der Waals surface area (Å²) in [5.41, 5.74) is 3.13. The van der Waals surface area contributed by atoms with Crippen LogP contribution < -0.4 is 10.5 Å². The second-order valence-electron chi connectivity index (χ2n) is 7.49. The fourth-order valence-electron chi connectivity index (χ4n) is 3.71. The number of amides is 1. The third-order valence-corrected chi connectivity index (χ3v) is 6.40. The fourth-order valence-corrected chi connectivity index (χ4v) is 4.70. The number of fused-ring (bicyclic) bond motifs is 2. The molecule has 0 aliphatic rings. The number of thiazole rings is 1. The van der Waals surface area contributed by atoms with Gasteiger partial charge in [0.05, 0.1) is 33.1 Å². The molecule has 0 bridgehead atoms. The number of aromatic nitrogens is 3. The van der Waals surface area contributed by atoms with Crippen molar-refractivity contribution in [1.82, 2.24) is 14.5 Å². The molecule has 0 radical (unpaired) electrons. The number of carbonyl (C=O) groups is 1. The highest BCUT2D eigenvalue weighted by molar-refractivity contribution is 7.22. The van der Waals surface area contributed by atoms with Crippen LogP contribution >= 0.6 is 11.3 Å². The van der Waals surface area contributed by atoms with E-state index in [4.69, 9.17) is 4.98 Å². The molecule has 1 amide bonds. The van der Waals surface area contributed by atoms with Crippen LogP contribution in [0, 0.1) is 6.92 Å². The minimum atomic E-state index is -0.147. The predicted octanol–water partition coefficient (Wildman–Crippen LogP) is 5.07. The van der Waals surface area contributed by atoms with E-state index in [9.17, 15) is 9.59 Å². The van der Waals surface area contributed by atoms with Crippen molar-refractivity contribution in [3.8, 4) is 0 Å². The predicted molar refractivity (Wildman–Crippen MR) is 129 cm³/mol. The van der Waals surface area contributed by atoms with Gasteiger partial charge in [0.1, 0.15) is 0 Å². The van der Waals surface area contributed by atoms with Crippen LogP contribution in [-0.2, 0) is 11.3 Å². The smallest absolute Gasteiger partial charge is 0.261 e. The number of aryl methyl sites for hydroxylation is 2. The van der Waals surface area contributed by atoms with Crippen LogP contribution in [0.1, 0.15) is 12.0 Å². The molecule has 0 spiro atoms. The van der Waals surface area contributed by atoms with Crippen molar-refractivity contribution in [2.75, 3.05) is 4.90 Å². The molecule has 6 nitrogen and oxygen atoms in total. The zero-order valence-electron chi connectivity index (χ0n) is 17.4. The van der Waals surface area contributed by atoms with Gasteiger partial charge in [-0.15, -0.1) is 0 Å². The highest BCUT2D eigenvalue weighted by atomic mass is 32.1. The normalized spacial score (nSPS) is 11.2. The summed E-state index contributed by atoms with van der Waals surface area (Å²) in [6.07, 6.45) is 1.65. The molecule has 0 aliphatic carbocycles. The van der Waals surface area contributed by atoms with Crippen LogP contribution in [-0.4, -0.2) is 20.4 Å². The molecule has 0 unspecified atom stereocenters. The monoisotopic (exact) mass is 440 g/mol. The van der Waals surface area contributed by atoms with Gasteiger partial charge in [-0.25, -0.2) is 9.97 Å². The van der Waals surface area contributed by atoms with Gasteiger partial charge in [0, 0.05) is 13.0 Å². The van der Waals surface area contributed by atoms with Crippen LogP contribution in [0.25, 0.3) is 21.1 Å². The van der Waals surface area contributed by atoms with E-state index >= 15 is 0 Å². The van der Waals surface area contributed by atoms with Crippen LogP contribution in [0.2, 0.25) is 0 Å². The zero-order valence-corrected chi connectivity index (χ0v) is 18.2. The van der Waals surface area contributed by atoms with Gasteiger partial charge in [-0.1, -0.05) is 53.8 Å². The molecule has 7 heteroatoms. The Bertz CT molecular complexity index is 1470. The van der Waals surface area contributed by atoms with E-state index in [0.29, 0.717) is 16.0 Å². The summed E-state index contributed by atoms with van der Waals surface area (Å²) in [4.78, 5) is 37.0. The lowest BCUT2D eigenvalue weighted by molar-refractivity contribution is -0.118. The Morgan fingerprint density at radius 2 is 1.69 bits per heavy atom. The molecule has 32 heavy (non-hydrogen) atoms. The number of para-hydroxylation sites is 3. The van der Waals surface area contributed by atoms with Gasteiger partial charge < -0.3 is 0 Å². The summed E-state index contributed by atoms with van der Waals surface area (Å²) >= 11 is 1.48. The lowest BCUT2D eigenvalue weighted by atomic mass is 10.2. The zero-order chi connectivity index (χ0) is 22.1. The Labute approximate surface area is 188 Å². The minimum absolute atomic E-state index is 0.126. The second kappa shape index (κ2) is 8.36. The molecular formula is C25H20N4O2S. The lowest BCUT2D eigenvalue weighted by Crippen LogP contribution is -2.29. The molecule has 0 N–H and O–H groups in total. The Morgan fingerprint density at radius 1 is 0.969 bits per heavy atom. The first-order valence-electron chi connectivity index (χ1n) is 10.3. The maximum Gasteiger partial charge on any atom is 0.261 e. The number of benzene rings is 3. The van der Waals surface area contributed by atoms with Gasteiger partial charge in [-0.05, 0) is 42.8 Å². The lowest BCUT2D eigenvalue weighted by Gasteiger charge is -2.22. The highest BCUT2D eigenvalue weighted by Gasteiger charge is 2.23. The van der Waals surface area contributed by atoms with E-state index in [1.165, 1.54) is 22.2 Å². The number of hydrogen-bond donors (Lipinski definition) is 0. The van der Waals surface area contributed by atoms with Crippen molar-refractivity contribution >= 4 is 49.2 Å². The van der Waals surface area contributed by atoms with Crippen LogP contribution in [0.4, 0.5) is 10.8 Å². The highest BCUT2D eigenvalue weighted by Crippen LogP contribution is 2.35. The van der Waals surface area contributed by atoms with Crippen molar-refractivity contribution in [2.45, 2.75) is 19.9 Å². The molecular weight excluding hydrogens is 420 g/mol. The molecule has 0 aliphatic heterocycles. The van der Waals surface area contributed by atoms with Crippen LogP contribution in [0.3, 0.4) is 0 Å². The Hall–Kier alpha value is -3.84. The van der Waals surface area contributed by atoms with E-state index in [1.807, 2.05) is 67.6 Å². The fraction of sp³-hybridized carbons (Fsp3) is 0.120. The van der Waals surface area contributed by atoms with Crippen LogP contribution in [0.5, 0.6) is 0 Å². The topological polar surface area (TPSA) is 68.1 Å². The molecule has 0 saturated carbocycles. The molecule has 0 atom stereocenters. The van der Waals surface area contributed by atoms with Gasteiger partial charge >= 0.3 is 0 Å². The summed E-state index contributed by atoms with van der Waals surface area (Å²) in [5, 5.41) is 1.17. The van der Waals surface area contributed by atoms with E-state index in [0.717, 1.165) is 21.5 Å². The average molecular weight is 441 g/mol. The number of carbonyl (C=O) groups excluding carboxylic acids is 1. The maximum atomic E-state index is 13.5. The van der Waals surface area contributed by atoms with Gasteiger partial charge in [0.15, 0.2) is 5.13 Å². The summed E-state index contributed by atoms with van der Waals surface area (Å²) < 4.78 is 2.51. The molecule has 3 aromatic carbocycles. The van der Waals surface area contributed by atoms with E-state index in [-0.39, 0.29) is 24.4 Å². The molecule has 2 heterocycles. The minimum Gasteiger partial charge on any atom is -0.298 e. The third kappa shape index (κ3) is 3.67. The first kappa shape index (κ1) is 20.1. The Kier molecular flexibility index (Phi) is 5.25. The van der Waals surface area contributed by atoms with Gasteiger partial charge in [0.2, 0.25) is 5.91 Å². The second-order valence-corrected chi connectivity index (χ2v) is 8.50. The molecule has 5 rings (SSSR count). The van der Waals surface area contributed by atoms with E-state index in [1.54, 1.807) is 17.0 Å². The average Bonchev–Trinajstić information content (AvgIpc) is 3.24. The van der Waals surface area contributed by atoms with Crippen molar-refractivity contribution in [3.63, 3.8) is 0 Å². The number of hydrogen-bond acceptors (Lipinski definition) is 5. The molecule has 158 valence electrons. The van der Waals surface area contributed by atoms with Gasteiger partial charge in [-0.3, -0.25) is 19.1 Å². The van der Waals surface area contributed by atoms with Crippen molar-refractivity contribution in [2.24, 2.45) is 0 Å². The quantitative estimate of drug-likeness (QED) is 0.383. The van der Waals surface area contributed by atoms with Crippen molar-refractivity contribution in [1.29, 1.82) is 0 Å². The van der Waals surface area contributed by atoms with E-state index < -0.39 is 0 Å². The Balaban J connectivity index is 1.49. The SMILES string of the molecule is Cc1ccccc1N(C(=O)CCn1cnc2ccccc2c1=O)c1nc2ccccc2s1. The summed E-state index contributed by atoms with van der Waals surface area (Å²) in [7, 11) is 0. The largest absolute Gasteiger partial charge is 0.298 e. The first-order chi connectivity index (χ1) is 15.6. The Morgan fingerprint density at radius 3 is 2.50 bits per heavy atom. The van der Waals surface area contributed by atoms with Gasteiger partial charge in [-0.2, -0.15) is 0 Å². The third-order valence-electron chi connectivity index (χ3n) is 5.38. The van der Waals surface area contributed by atoms with Gasteiger partial charge in [0.25, 0.3) is 5.56 Å². The molecule has 0 fully saturated rings.